The zero-order valence-electron chi connectivity index (χ0n) is 9.20. The Morgan fingerprint density at radius 2 is 2.06 bits per heavy atom. The molecule has 2 rings (SSSR count). The second kappa shape index (κ2) is 6.26. The van der Waals surface area contributed by atoms with Crippen LogP contribution in [-0.2, 0) is 0 Å². The summed E-state index contributed by atoms with van der Waals surface area (Å²) in [4.78, 5) is 1.07. The lowest BCUT2D eigenvalue weighted by molar-refractivity contribution is 0.218. The van der Waals surface area contributed by atoms with Crippen LogP contribution in [-0.4, -0.2) is 6.54 Å². The van der Waals surface area contributed by atoms with E-state index in [0.717, 1.165) is 9.35 Å². The summed E-state index contributed by atoms with van der Waals surface area (Å²) in [7, 11) is 0. The summed E-state index contributed by atoms with van der Waals surface area (Å²) in [6.45, 7) is 0.396. The lowest BCUT2D eigenvalue weighted by Gasteiger charge is -2.16. The lowest BCUT2D eigenvalue weighted by Crippen LogP contribution is -2.17. The Morgan fingerprint density at radius 3 is 2.61 bits per heavy atom. The first kappa shape index (κ1) is 14.2. The summed E-state index contributed by atoms with van der Waals surface area (Å²) < 4.78 is 6.85. The molecule has 1 heterocycles. The molecule has 96 valence electrons. The summed E-state index contributed by atoms with van der Waals surface area (Å²) >= 11 is 16.8. The van der Waals surface area contributed by atoms with Crippen molar-refractivity contribution in [2.75, 3.05) is 6.54 Å². The molecule has 0 amide bonds. The maximum absolute atomic E-state index is 5.94. The maximum atomic E-state index is 5.94. The molecule has 0 aliphatic heterocycles. The van der Waals surface area contributed by atoms with E-state index in [-0.39, 0.29) is 6.10 Å². The van der Waals surface area contributed by atoms with E-state index in [0.29, 0.717) is 22.3 Å². The number of hydrogen-bond acceptors (Lipinski definition) is 3. The number of nitrogens with two attached hydrogens (primary N) is 1. The monoisotopic (exact) mass is 365 g/mol. The number of rotatable bonds is 4. The Bertz CT molecular complexity index is 547. The van der Waals surface area contributed by atoms with Crippen LogP contribution in [0.2, 0.25) is 10.0 Å². The normalized spacial score (nSPS) is 12.4. The smallest absolute Gasteiger partial charge is 0.145 e. The van der Waals surface area contributed by atoms with Crippen molar-refractivity contribution in [2.24, 2.45) is 5.73 Å². The summed E-state index contributed by atoms with van der Waals surface area (Å²) in [5.41, 5.74) is 5.74. The zero-order chi connectivity index (χ0) is 13.1. The van der Waals surface area contributed by atoms with Gasteiger partial charge in [0, 0.05) is 27.3 Å². The van der Waals surface area contributed by atoms with Gasteiger partial charge in [0.2, 0.25) is 0 Å². The molecule has 1 aromatic heterocycles. The molecule has 0 saturated carbocycles. The minimum Gasteiger partial charge on any atom is -0.484 e. The maximum Gasteiger partial charge on any atom is 0.145 e. The first-order chi connectivity index (χ1) is 8.60. The fourth-order valence-electron chi connectivity index (χ4n) is 1.43. The van der Waals surface area contributed by atoms with Gasteiger partial charge in [-0.1, -0.05) is 23.2 Å². The van der Waals surface area contributed by atoms with Crippen molar-refractivity contribution in [3.05, 3.63) is 49.0 Å². The molecule has 6 heteroatoms. The fourth-order valence-corrected chi connectivity index (χ4v) is 3.21. The lowest BCUT2D eigenvalue weighted by atomic mass is 10.3. The molecule has 0 saturated heterocycles. The Labute approximate surface area is 128 Å². The van der Waals surface area contributed by atoms with Crippen LogP contribution in [0.25, 0.3) is 0 Å². The van der Waals surface area contributed by atoms with Crippen LogP contribution in [0.5, 0.6) is 5.75 Å². The fraction of sp³-hybridized carbons (Fsp3) is 0.167. The predicted octanol–water partition coefficient (Wildman–Crippen LogP) is 4.90. The molecule has 2 nitrogen and oxygen atoms in total. The first-order valence-electron chi connectivity index (χ1n) is 5.16. The molecule has 18 heavy (non-hydrogen) atoms. The van der Waals surface area contributed by atoms with Crippen LogP contribution >= 0.6 is 50.5 Å². The number of thiophene rings is 1. The summed E-state index contributed by atoms with van der Waals surface area (Å²) in [6, 6.07) is 7.17. The second-order valence-corrected chi connectivity index (χ2v) is 6.26. The van der Waals surface area contributed by atoms with E-state index in [2.05, 4.69) is 15.9 Å². The second-order valence-electron chi connectivity index (χ2n) is 3.59. The summed E-state index contributed by atoms with van der Waals surface area (Å²) in [5.74, 6) is 0.657. The molecule has 0 aliphatic carbocycles. The predicted molar refractivity (Wildman–Crippen MR) is 80.9 cm³/mol. The summed E-state index contributed by atoms with van der Waals surface area (Å²) in [5, 5.41) is 2.97. The van der Waals surface area contributed by atoms with Gasteiger partial charge in [-0.3, -0.25) is 0 Å². The quantitative estimate of drug-likeness (QED) is 0.835. The molecule has 1 aromatic carbocycles. The molecular formula is C12H10BrCl2NOS. The third-order valence-corrected chi connectivity index (χ3v) is 4.81. The number of benzene rings is 1. The minimum atomic E-state index is -0.182. The van der Waals surface area contributed by atoms with Gasteiger partial charge in [0.15, 0.2) is 0 Å². The number of hydrogen-bond donors (Lipinski definition) is 1. The van der Waals surface area contributed by atoms with Crippen molar-refractivity contribution in [3.8, 4) is 5.75 Å². The van der Waals surface area contributed by atoms with Crippen molar-refractivity contribution < 1.29 is 4.74 Å². The number of halogens is 3. The van der Waals surface area contributed by atoms with E-state index in [1.54, 1.807) is 29.5 Å². The molecule has 1 unspecified atom stereocenters. The van der Waals surface area contributed by atoms with E-state index in [4.69, 9.17) is 33.7 Å². The molecule has 2 N–H and O–H groups in total. The zero-order valence-corrected chi connectivity index (χ0v) is 13.1. The standard InChI is InChI=1S/C12H10BrCl2NOS/c13-7-3-12(18-6-7)11(5-16)17-8-1-2-9(14)10(15)4-8/h1-4,6,11H,5,16H2. The average Bonchev–Trinajstić information content (AvgIpc) is 2.77. The third-order valence-electron chi connectivity index (χ3n) is 2.29. The van der Waals surface area contributed by atoms with E-state index in [1.165, 1.54) is 0 Å². The van der Waals surface area contributed by atoms with Crippen LogP contribution in [0.1, 0.15) is 11.0 Å². The van der Waals surface area contributed by atoms with Gasteiger partial charge in [-0.2, -0.15) is 0 Å². The van der Waals surface area contributed by atoms with Crippen LogP contribution < -0.4 is 10.5 Å². The van der Waals surface area contributed by atoms with Crippen LogP contribution in [0.3, 0.4) is 0 Å². The van der Waals surface area contributed by atoms with Gasteiger partial charge < -0.3 is 10.5 Å². The van der Waals surface area contributed by atoms with Crippen molar-refractivity contribution >= 4 is 50.5 Å². The van der Waals surface area contributed by atoms with Gasteiger partial charge in [-0.05, 0) is 34.1 Å². The molecule has 0 spiro atoms. The molecule has 2 aromatic rings. The number of ether oxygens (including phenoxy) is 1. The van der Waals surface area contributed by atoms with Crippen molar-refractivity contribution in [3.63, 3.8) is 0 Å². The molecule has 0 aliphatic rings. The van der Waals surface area contributed by atoms with Crippen LogP contribution in [0.15, 0.2) is 34.1 Å². The van der Waals surface area contributed by atoms with Gasteiger partial charge in [0.1, 0.15) is 11.9 Å². The molecule has 0 bridgehead atoms. The largest absolute Gasteiger partial charge is 0.484 e. The van der Waals surface area contributed by atoms with Gasteiger partial charge in [-0.25, -0.2) is 0 Å². The highest BCUT2D eigenvalue weighted by molar-refractivity contribution is 9.10. The van der Waals surface area contributed by atoms with E-state index in [1.807, 2.05) is 11.4 Å². The van der Waals surface area contributed by atoms with E-state index in [9.17, 15) is 0 Å². The highest BCUT2D eigenvalue weighted by Crippen LogP contribution is 2.31. The average molecular weight is 367 g/mol. The first-order valence-corrected chi connectivity index (χ1v) is 7.58. The third kappa shape index (κ3) is 3.39. The van der Waals surface area contributed by atoms with Crippen molar-refractivity contribution in [1.82, 2.24) is 0 Å². The Kier molecular flexibility index (Phi) is 4.92. The molecule has 0 fully saturated rings. The molecule has 1 atom stereocenters. The summed E-state index contributed by atoms with van der Waals surface area (Å²) in [6.07, 6.45) is -0.182. The van der Waals surface area contributed by atoms with Crippen LogP contribution in [0, 0.1) is 0 Å². The van der Waals surface area contributed by atoms with E-state index >= 15 is 0 Å². The Morgan fingerprint density at radius 1 is 1.28 bits per heavy atom. The molecular weight excluding hydrogens is 357 g/mol. The van der Waals surface area contributed by atoms with Crippen LogP contribution in [0.4, 0.5) is 0 Å². The van der Waals surface area contributed by atoms with Gasteiger partial charge >= 0.3 is 0 Å². The van der Waals surface area contributed by atoms with Crippen molar-refractivity contribution in [1.29, 1.82) is 0 Å². The topological polar surface area (TPSA) is 35.2 Å². The van der Waals surface area contributed by atoms with Gasteiger partial charge in [-0.15, -0.1) is 11.3 Å². The van der Waals surface area contributed by atoms with Gasteiger partial charge in [0.05, 0.1) is 10.0 Å². The van der Waals surface area contributed by atoms with E-state index < -0.39 is 0 Å². The highest BCUT2D eigenvalue weighted by Gasteiger charge is 2.14. The van der Waals surface area contributed by atoms with Gasteiger partial charge in [0.25, 0.3) is 0 Å². The van der Waals surface area contributed by atoms with Crippen molar-refractivity contribution in [2.45, 2.75) is 6.10 Å². The minimum absolute atomic E-state index is 0.182. The highest BCUT2D eigenvalue weighted by atomic mass is 79.9. The Balaban J connectivity index is 2.17. The Hall–Kier alpha value is -0.260. The molecule has 0 radical (unpaired) electrons. The SMILES string of the molecule is NCC(Oc1ccc(Cl)c(Cl)c1)c1cc(Br)cs1.